The minimum absolute atomic E-state index is 0.188. The van der Waals surface area contributed by atoms with Gasteiger partial charge in [-0.25, -0.2) is 0 Å². The number of hydrogen-bond acceptors (Lipinski definition) is 6. The third kappa shape index (κ3) is 6.21. The van der Waals surface area contributed by atoms with Crippen LogP contribution in [0.25, 0.3) is 0 Å². The number of rotatable bonds is 7. The number of imide groups is 1. The minimum Gasteiger partial charge on any atom is -0.426 e. The molecular weight excluding hydrogens is 376 g/mol. The van der Waals surface area contributed by atoms with E-state index in [1.54, 1.807) is 38.1 Å². The Kier molecular flexibility index (Phi) is 7.78. The summed E-state index contributed by atoms with van der Waals surface area (Å²) in [4.78, 5) is 36.4. The Morgan fingerprint density at radius 1 is 1.04 bits per heavy atom. The molecule has 1 atom stereocenters. The van der Waals surface area contributed by atoms with Gasteiger partial charge in [0.2, 0.25) is 5.91 Å². The van der Waals surface area contributed by atoms with Gasteiger partial charge in [0, 0.05) is 10.6 Å². The lowest BCUT2D eigenvalue weighted by Crippen LogP contribution is -2.41. The van der Waals surface area contributed by atoms with Crippen LogP contribution in [0.4, 0.5) is 0 Å². The van der Waals surface area contributed by atoms with Gasteiger partial charge in [-0.15, -0.1) is 11.8 Å². The lowest BCUT2D eigenvalue weighted by atomic mass is 10.2. The second-order valence-corrected chi connectivity index (χ2v) is 7.63. The molecule has 2 aromatic rings. The van der Waals surface area contributed by atoms with Gasteiger partial charge >= 0.3 is 5.97 Å². The predicted molar refractivity (Wildman–Crippen MR) is 109 cm³/mol. The van der Waals surface area contributed by atoms with Crippen molar-refractivity contribution in [3.63, 3.8) is 0 Å². The number of ether oxygens (including phenoxy) is 1. The second kappa shape index (κ2) is 10.1. The number of hydrogen-bond donors (Lipinski definition) is 2. The molecule has 0 radical (unpaired) electrons. The second-order valence-electron chi connectivity index (χ2n) is 6.61. The summed E-state index contributed by atoms with van der Waals surface area (Å²) in [6.45, 7) is 5.08. The molecule has 0 heterocycles. The maximum atomic E-state index is 12.3. The molecule has 6 nitrogen and oxygen atoms in total. The number of nitrogens with one attached hydrogen (secondary N) is 1. The van der Waals surface area contributed by atoms with Crippen molar-refractivity contribution in [1.29, 1.82) is 0 Å². The van der Waals surface area contributed by atoms with E-state index in [0.29, 0.717) is 17.1 Å². The summed E-state index contributed by atoms with van der Waals surface area (Å²) in [5.74, 6) is -0.334. The third-order valence-electron chi connectivity index (χ3n) is 3.79. The molecule has 1 unspecified atom stereocenters. The highest BCUT2D eigenvalue weighted by molar-refractivity contribution is 7.98. The van der Waals surface area contributed by atoms with Crippen LogP contribution in [0.3, 0.4) is 0 Å². The van der Waals surface area contributed by atoms with Gasteiger partial charge < -0.3 is 10.5 Å². The summed E-state index contributed by atoms with van der Waals surface area (Å²) in [7, 11) is 0. The summed E-state index contributed by atoms with van der Waals surface area (Å²) >= 11 is 1.48. The van der Waals surface area contributed by atoms with E-state index in [0.717, 1.165) is 10.5 Å². The first-order chi connectivity index (χ1) is 13.3. The molecule has 2 aromatic carbocycles. The first-order valence-electron chi connectivity index (χ1n) is 8.91. The van der Waals surface area contributed by atoms with Gasteiger partial charge in [-0.05, 0) is 36.8 Å². The van der Waals surface area contributed by atoms with Gasteiger partial charge in [-0.1, -0.05) is 38.1 Å². The number of thioether (sulfide) groups is 1. The Hall–Kier alpha value is -2.64. The van der Waals surface area contributed by atoms with Crippen LogP contribution in [0.15, 0.2) is 53.4 Å². The Bertz CT molecular complexity index is 848. The van der Waals surface area contributed by atoms with Crippen molar-refractivity contribution < 1.29 is 19.1 Å². The number of nitrogens with two attached hydrogens (primary N) is 1. The molecule has 0 spiro atoms. The smallest absolute Gasteiger partial charge is 0.313 e. The molecule has 0 saturated carbocycles. The van der Waals surface area contributed by atoms with E-state index < -0.39 is 17.9 Å². The highest BCUT2D eigenvalue weighted by atomic mass is 32.2. The van der Waals surface area contributed by atoms with Crippen molar-refractivity contribution in [1.82, 2.24) is 5.32 Å². The molecule has 0 saturated heterocycles. The Morgan fingerprint density at radius 3 is 2.29 bits per heavy atom. The molecule has 3 N–H and O–H groups in total. The average molecular weight is 401 g/mol. The minimum atomic E-state index is -0.757. The molecule has 0 aromatic heterocycles. The molecule has 28 heavy (non-hydrogen) atoms. The standard InChI is InChI=1S/C21H24N2O4S/c1-13(2)21(26)27-16-10-8-15(9-11-16)12-28-18-7-5-4-6-17(18)20(25)23-19(24)14(3)22/h4-11,13-14H,12,22H2,1-3H3,(H,23,24,25). The Morgan fingerprint density at radius 2 is 1.68 bits per heavy atom. The zero-order valence-electron chi connectivity index (χ0n) is 16.1. The van der Waals surface area contributed by atoms with Crippen LogP contribution in [0.5, 0.6) is 5.75 Å². The molecule has 0 aliphatic heterocycles. The lowest BCUT2D eigenvalue weighted by Gasteiger charge is -2.11. The molecule has 2 rings (SSSR count). The number of benzene rings is 2. The van der Waals surface area contributed by atoms with Crippen LogP contribution < -0.4 is 15.8 Å². The van der Waals surface area contributed by atoms with E-state index in [2.05, 4.69) is 5.32 Å². The van der Waals surface area contributed by atoms with Crippen LogP contribution in [0, 0.1) is 5.92 Å². The van der Waals surface area contributed by atoms with Crippen molar-refractivity contribution in [3.05, 3.63) is 59.7 Å². The SMILES string of the molecule is CC(C)C(=O)Oc1ccc(CSc2ccccc2C(=O)NC(=O)C(C)N)cc1. The molecule has 0 bridgehead atoms. The third-order valence-corrected chi connectivity index (χ3v) is 4.93. The molecule has 0 aliphatic carbocycles. The van der Waals surface area contributed by atoms with Gasteiger partial charge in [0.05, 0.1) is 17.5 Å². The summed E-state index contributed by atoms with van der Waals surface area (Å²) in [5.41, 5.74) is 6.92. The van der Waals surface area contributed by atoms with Crippen LogP contribution in [0.2, 0.25) is 0 Å². The van der Waals surface area contributed by atoms with Crippen LogP contribution in [-0.4, -0.2) is 23.8 Å². The fraction of sp³-hybridized carbons (Fsp3) is 0.286. The van der Waals surface area contributed by atoms with Gasteiger partial charge in [0.1, 0.15) is 5.75 Å². The molecule has 0 fully saturated rings. The van der Waals surface area contributed by atoms with Crippen molar-refractivity contribution >= 4 is 29.5 Å². The summed E-state index contributed by atoms with van der Waals surface area (Å²) in [6, 6.07) is 13.6. The molecule has 7 heteroatoms. The lowest BCUT2D eigenvalue weighted by molar-refractivity contribution is -0.137. The fourth-order valence-electron chi connectivity index (χ4n) is 2.12. The van der Waals surface area contributed by atoms with E-state index in [9.17, 15) is 14.4 Å². The summed E-state index contributed by atoms with van der Waals surface area (Å²) in [6.07, 6.45) is 0. The highest BCUT2D eigenvalue weighted by Gasteiger charge is 2.16. The maximum absolute atomic E-state index is 12.3. The number of carbonyl (C=O) groups is 3. The molecule has 2 amide bonds. The number of carbonyl (C=O) groups excluding carboxylic acids is 3. The van der Waals surface area contributed by atoms with E-state index >= 15 is 0 Å². The van der Waals surface area contributed by atoms with Crippen LogP contribution in [-0.2, 0) is 15.3 Å². The molecular formula is C21H24N2O4S. The molecule has 0 aliphatic rings. The van der Waals surface area contributed by atoms with E-state index in [1.807, 2.05) is 24.3 Å². The summed E-state index contributed by atoms with van der Waals surface area (Å²) in [5, 5.41) is 2.30. The maximum Gasteiger partial charge on any atom is 0.313 e. The number of amides is 2. The fourth-order valence-corrected chi connectivity index (χ4v) is 3.13. The monoisotopic (exact) mass is 400 g/mol. The zero-order valence-corrected chi connectivity index (χ0v) is 16.9. The van der Waals surface area contributed by atoms with E-state index in [1.165, 1.54) is 18.7 Å². The largest absolute Gasteiger partial charge is 0.426 e. The van der Waals surface area contributed by atoms with Crippen molar-refractivity contribution in [2.24, 2.45) is 11.7 Å². The molecule has 148 valence electrons. The van der Waals surface area contributed by atoms with Crippen molar-refractivity contribution in [3.8, 4) is 5.75 Å². The van der Waals surface area contributed by atoms with Crippen molar-refractivity contribution in [2.75, 3.05) is 0 Å². The van der Waals surface area contributed by atoms with E-state index in [4.69, 9.17) is 10.5 Å². The predicted octanol–water partition coefficient (Wildman–Crippen LogP) is 3.14. The number of esters is 1. The highest BCUT2D eigenvalue weighted by Crippen LogP contribution is 2.27. The normalized spacial score (nSPS) is 11.8. The Labute approximate surface area is 168 Å². The van der Waals surface area contributed by atoms with Gasteiger partial charge in [0.15, 0.2) is 0 Å². The Balaban J connectivity index is 2.02. The van der Waals surface area contributed by atoms with Crippen molar-refractivity contribution in [2.45, 2.75) is 37.5 Å². The average Bonchev–Trinajstić information content (AvgIpc) is 2.67. The summed E-state index contributed by atoms with van der Waals surface area (Å²) < 4.78 is 5.26. The van der Waals surface area contributed by atoms with E-state index in [-0.39, 0.29) is 11.9 Å². The zero-order chi connectivity index (χ0) is 20.7. The van der Waals surface area contributed by atoms with Crippen LogP contribution in [0.1, 0.15) is 36.7 Å². The van der Waals surface area contributed by atoms with Gasteiger partial charge in [0.25, 0.3) is 5.91 Å². The topological polar surface area (TPSA) is 98.5 Å². The first kappa shape index (κ1) is 21.7. The van der Waals surface area contributed by atoms with Gasteiger partial charge in [-0.2, -0.15) is 0 Å². The first-order valence-corrected chi connectivity index (χ1v) is 9.89. The quantitative estimate of drug-likeness (QED) is 0.421. The van der Waals surface area contributed by atoms with Crippen LogP contribution >= 0.6 is 11.8 Å². The van der Waals surface area contributed by atoms with Gasteiger partial charge in [-0.3, -0.25) is 19.7 Å².